The van der Waals surface area contributed by atoms with Gasteiger partial charge < -0.3 is 4.74 Å². The van der Waals surface area contributed by atoms with E-state index in [4.69, 9.17) is 4.74 Å². The fourth-order valence-electron chi connectivity index (χ4n) is 1.97. The number of halogens is 3. The van der Waals surface area contributed by atoms with Crippen molar-refractivity contribution in [2.45, 2.75) is 13.1 Å². The third-order valence-electron chi connectivity index (χ3n) is 2.86. The largest absolute Gasteiger partial charge is 0.426 e. The van der Waals surface area contributed by atoms with Gasteiger partial charge in [0.1, 0.15) is 5.75 Å². The molecule has 0 aliphatic rings. The third kappa shape index (κ3) is 3.33. The van der Waals surface area contributed by atoms with Crippen LogP contribution in [0.2, 0.25) is 0 Å². The molecule has 0 heterocycles. The molecule has 0 amide bonds. The lowest BCUT2D eigenvalue weighted by Gasteiger charge is -2.13. The zero-order valence-corrected chi connectivity index (χ0v) is 11.5. The highest BCUT2D eigenvalue weighted by molar-refractivity contribution is 6.11. The molecular weight excluding hydrogens is 297 g/mol. The van der Waals surface area contributed by atoms with Crippen LogP contribution in [0.5, 0.6) is 5.75 Å². The summed E-state index contributed by atoms with van der Waals surface area (Å²) in [7, 11) is 0. The maximum atomic E-state index is 13.0. The van der Waals surface area contributed by atoms with Crippen LogP contribution in [0.1, 0.15) is 28.4 Å². The summed E-state index contributed by atoms with van der Waals surface area (Å²) >= 11 is 0. The third-order valence-corrected chi connectivity index (χ3v) is 2.86. The molecule has 2 aromatic rings. The minimum atomic E-state index is -4.65. The Morgan fingerprint density at radius 3 is 2.05 bits per heavy atom. The van der Waals surface area contributed by atoms with E-state index in [0.29, 0.717) is 0 Å². The van der Waals surface area contributed by atoms with Gasteiger partial charge in [0.2, 0.25) is 0 Å². The molecule has 0 atom stereocenters. The average Bonchev–Trinajstić information content (AvgIpc) is 2.45. The van der Waals surface area contributed by atoms with E-state index in [2.05, 4.69) is 0 Å². The summed E-state index contributed by atoms with van der Waals surface area (Å²) in [5, 5.41) is 0. The molecule has 0 spiro atoms. The Balaban J connectivity index is 2.53. The number of esters is 1. The zero-order chi connectivity index (χ0) is 16.3. The van der Waals surface area contributed by atoms with Gasteiger partial charge in [0.15, 0.2) is 5.78 Å². The van der Waals surface area contributed by atoms with Crippen molar-refractivity contribution in [2.75, 3.05) is 0 Å². The Hall–Kier alpha value is -2.63. The van der Waals surface area contributed by atoms with Crippen molar-refractivity contribution >= 4 is 11.8 Å². The number of hydrogen-bond donors (Lipinski definition) is 0. The Morgan fingerprint density at radius 1 is 0.909 bits per heavy atom. The van der Waals surface area contributed by atoms with Gasteiger partial charge in [-0.25, -0.2) is 0 Å². The van der Waals surface area contributed by atoms with Crippen molar-refractivity contribution in [1.82, 2.24) is 0 Å². The number of alkyl halides is 3. The lowest BCUT2D eigenvalue weighted by atomic mass is 9.97. The van der Waals surface area contributed by atoms with E-state index >= 15 is 0 Å². The molecule has 0 aliphatic carbocycles. The molecule has 0 saturated carbocycles. The molecule has 2 aromatic carbocycles. The predicted octanol–water partition coefficient (Wildman–Crippen LogP) is 3.86. The summed E-state index contributed by atoms with van der Waals surface area (Å²) in [6, 6.07) is 10.1. The summed E-state index contributed by atoms with van der Waals surface area (Å²) < 4.78 is 43.9. The number of carbonyl (C=O) groups is 2. The van der Waals surface area contributed by atoms with Gasteiger partial charge in [-0.05, 0) is 18.2 Å². The molecular formula is C16H11F3O3. The maximum Gasteiger partial charge on any atom is 0.417 e. The summed E-state index contributed by atoms with van der Waals surface area (Å²) in [6.45, 7) is 1.14. The molecule has 0 aromatic heterocycles. The van der Waals surface area contributed by atoms with E-state index < -0.39 is 29.1 Å². The number of rotatable bonds is 3. The molecule has 114 valence electrons. The fraction of sp³-hybridized carbons (Fsp3) is 0.125. The first-order valence-electron chi connectivity index (χ1n) is 6.29. The first-order chi connectivity index (χ1) is 10.3. The van der Waals surface area contributed by atoms with E-state index in [-0.39, 0.29) is 11.3 Å². The zero-order valence-electron chi connectivity index (χ0n) is 11.5. The van der Waals surface area contributed by atoms with Gasteiger partial charge in [-0.2, -0.15) is 13.2 Å². The summed E-state index contributed by atoms with van der Waals surface area (Å²) in [5.41, 5.74) is -1.62. The highest BCUT2D eigenvalue weighted by Gasteiger charge is 2.35. The van der Waals surface area contributed by atoms with Crippen molar-refractivity contribution in [2.24, 2.45) is 0 Å². The van der Waals surface area contributed by atoms with E-state index in [1.54, 1.807) is 0 Å². The van der Waals surface area contributed by atoms with Gasteiger partial charge in [-0.15, -0.1) is 0 Å². The molecule has 3 nitrogen and oxygen atoms in total. The van der Waals surface area contributed by atoms with Gasteiger partial charge in [-0.3, -0.25) is 9.59 Å². The average molecular weight is 308 g/mol. The number of para-hydroxylation sites is 1. The first kappa shape index (κ1) is 15.8. The number of carbonyl (C=O) groups excluding carboxylic acids is 2. The number of ether oxygens (including phenoxy) is 1. The quantitative estimate of drug-likeness (QED) is 0.491. The van der Waals surface area contributed by atoms with Crippen LogP contribution < -0.4 is 4.74 Å². The van der Waals surface area contributed by atoms with Crippen LogP contribution in [0.25, 0.3) is 0 Å². The predicted molar refractivity (Wildman–Crippen MR) is 72.6 cm³/mol. The molecule has 0 unspecified atom stereocenters. The highest BCUT2D eigenvalue weighted by atomic mass is 19.4. The summed E-state index contributed by atoms with van der Waals surface area (Å²) in [5.74, 6) is -1.59. The summed E-state index contributed by atoms with van der Waals surface area (Å²) in [6.07, 6.45) is -4.65. The van der Waals surface area contributed by atoms with Crippen LogP contribution in [-0.4, -0.2) is 11.8 Å². The number of hydrogen-bond acceptors (Lipinski definition) is 3. The SMILES string of the molecule is CC(=O)Oc1ccccc1C(=O)c1ccccc1C(F)(F)F. The van der Waals surface area contributed by atoms with E-state index in [1.807, 2.05) is 0 Å². The van der Waals surface area contributed by atoms with Crippen molar-refractivity contribution in [3.8, 4) is 5.75 Å². The van der Waals surface area contributed by atoms with Crippen LogP contribution >= 0.6 is 0 Å². The van der Waals surface area contributed by atoms with Crippen molar-refractivity contribution in [3.63, 3.8) is 0 Å². The normalized spacial score (nSPS) is 11.1. The number of ketones is 1. The van der Waals surface area contributed by atoms with E-state index in [1.165, 1.54) is 36.4 Å². The lowest BCUT2D eigenvalue weighted by molar-refractivity contribution is -0.138. The maximum absolute atomic E-state index is 13.0. The van der Waals surface area contributed by atoms with Crippen LogP contribution in [0.3, 0.4) is 0 Å². The van der Waals surface area contributed by atoms with Gasteiger partial charge in [-0.1, -0.05) is 30.3 Å². The monoisotopic (exact) mass is 308 g/mol. The standard InChI is InChI=1S/C16H11F3O3/c1-10(20)22-14-9-5-3-7-12(14)15(21)11-6-2-4-8-13(11)16(17,18)19/h2-9H,1H3. The van der Waals surface area contributed by atoms with Crippen molar-refractivity contribution in [3.05, 3.63) is 65.2 Å². The molecule has 6 heteroatoms. The minimum Gasteiger partial charge on any atom is -0.426 e. The molecule has 0 radical (unpaired) electrons. The Labute approximate surface area is 124 Å². The first-order valence-corrected chi connectivity index (χ1v) is 6.29. The van der Waals surface area contributed by atoms with Gasteiger partial charge in [0.05, 0.1) is 11.1 Å². The molecule has 22 heavy (non-hydrogen) atoms. The highest BCUT2D eigenvalue weighted by Crippen LogP contribution is 2.34. The molecule has 0 bridgehead atoms. The Kier molecular flexibility index (Phi) is 4.30. The topological polar surface area (TPSA) is 43.4 Å². The van der Waals surface area contributed by atoms with E-state index in [9.17, 15) is 22.8 Å². The second-order valence-electron chi connectivity index (χ2n) is 4.46. The molecule has 2 rings (SSSR count). The second kappa shape index (κ2) is 6.01. The smallest absolute Gasteiger partial charge is 0.417 e. The lowest BCUT2D eigenvalue weighted by Crippen LogP contribution is -2.15. The molecule has 0 N–H and O–H groups in total. The minimum absolute atomic E-state index is 0.0722. The molecule has 0 saturated heterocycles. The second-order valence-corrected chi connectivity index (χ2v) is 4.46. The van der Waals surface area contributed by atoms with Gasteiger partial charge >= 0.3 is 12.1 Å². The molecule has 0 fully saturated rings. The molecule has 0 aliphatic heterocycles. The van der Waals surface area contributed by atoms with Gasteiger partial charge in [0, 0.05) is 12.5 Å². The number of benzene rings is 2. The fourth-order valence-corrected chi connectivity index (χ4v) is 1.97. The van der Waals surface area contributed by atoms with Crippen LogP contribution in [0.15, 0.2) is 48.5 Å². The van der Waals surface area contributed by atoms with Crippen LogP contribution in [-0.2, 0) is 11.0 Å². The van der Waals surface area contributed by atoms with Gasteiger partial charge in [0.25, 0.3) is 0 Å². The van der Waals surface area contributed by atoms with Crippen LogP contribution in [0.4, 0.5) is 13.2 Å². The van der Waals surface area contributed by atoms with E-state index in [0.717, 1.165) is 19.1 Å². The Morgan fingerprint density at radius 2 is 1.45 bits per heavy atom. The van der Waals surface area contributed by atoms with Crippen molar-refractivity contribution < 1.29 is 27.5 Å². The van der Waals surface area contributed by atoms with Crippen molar-refractivity contribution in [1.29, 1.82) is 0 Å². The van der Waals surface area contributed by atoms with Crippen LogP contribution in [0, 0.1) is 0 Å². The summed E-state index contributed by atoms with van der Waals surface area (Å²) in [4.78, 5) is 23.5. The Bertz CT molecular complexity index is 721.